The van der Waals surface area contributed by atoms with E-state index in [1.54, 1.807) is 0 Å². The Morgan fingerprint density at radius 2 is 2.20 bits per heavy atom. The van der Waals surface area contributed by atoms with Crippen LogP contribution in [0.15, 0.2) is 23.1 Å². The first-order valence-electron chi connectivity index (χ1n) is 2.91. The third-order valence-electron chi connectivity index (χ3n) is 1.35. The maximum Gasteiger partial charge on any atom is 0.0592 e. The Labute approximate surface area is 80.1 Å². The lowest BCUT2D eigenvalue weighted by molar-refractivity contribution is 1.38. The molecule has 1 aromatic carbocycles. The van der Waals surface area contributed by atoms with Gasteiger partial charge in [-0.15, -0.1) is 12.6 Å². The van der Waals surface area contributed by atoms with Crippen LogP contribution in [0.25, 0.3) is 0 Å². The largest absolute Gasteiger partial charge is 0.327 e. The van der Waals surface area contributed by atoms with Crippen molar-refractivity contribution in [1.82, 2.24) is 0 Å². The van der Waals surface area contributed by atoms with E-state index in [-0.39, 0.29) is 0 Å². The lowest BCUT2D eigenvalue weighted by Gasteiger charge is -2.04. The molecule has 0 aliphatic carbocycles. The SMILES string of the molecule is Cc1cccc(S)c1NI. The second-order valence-corrected chi connectivity index (χ2v) is 3.08. The van der Waals surface area contributed by atoms with E-state index in [1.807, 2.05) is 12.1 Å². The van der Waals surface area contributed by atoms with Crippen molar-refractivity contribution in [2.24, 2.45) is 0 Å². The zero-order valence-electron chi connectivity index (χ0n) is 5.56. The van der Waals surface area contributed by atoms with Gasteiger partial charge in [0.1, 0.15) is 0 Å². The lowest BCUT2D eigenvalue weighted by atomic mass is 10.2. The highest BCUT2D eigenvalue weighted by molar-refractivity contribution is 14.1. The van der Waals surface area contributed by atoms with Gasteiger partial charge in [-0.25, -0.2) is 0 Å². The molecule has 0 aliphatic rings. The second-order valence-electron chi connectivity index (χ2n) is 2.06. The van der Waals surface area contributed by atoms with Crippen LogP contribution >= 0.6 is 35.5 Å². The molecule has 1 rings (SSSR count). The molecule has 0 unspecified atom stereocenters. The molecule has 0 atom stereocenters. The van der Waals surface area contributed by atoms with Crippen molar-refractivity contribution in [3.8, 4) is 0 Å². The van der Waals surface area contributed by atoms with Crippen LogP contribution < -0.4 is 3.53 Å². The fourth-order valence-electron chi connectivity index (χ4n) is 0.775. The van der Waals surface area contributed by atoms with Crippen LogP contribution in [-0.4, -0.2) is 0 Å². The number of rotatable bonds is 1. The standard InChI is InChI=1S/C7H8INS/c1-5-3-2-4-6(10)7(5)9-8/h2-4,9-10H,1H3. The number of halogens is 1. The Morgan fingerprint density at radius 1 is 1.50 bits per heavy atom. The van der Waals surface area contributed by atoms with E-state index in [0.29, 0.717) is 0 Å². The average Bonchev–Trinajstić information content (AvgIpc) is 1.88. The molecule has 0 aromatic heterocycles. The molecule has 0 radical (unpaired) electrons. The number of hydrogen-bond donors (Lipinski definition) is 2. The third-order valence-corrected chi connectivity index (χ3v) is 2.26. The predicted octanol–water partition coefficient (Wildman–Crippen LogP) is 3.05. The molecule has 0 bridgehead atoms. The number of thiol groups is 1. The minimum absolute atomic E-state index is 0.995. The highest BCUT2D eigenvalue weighted by Gasteiger charge is 1.97. The summed E-state index contributed by atoms with van der Waals surface area (Å²) in [5.74, 6) is 0. The van der Waals surface area contributed by atoms with Gasteiger partial charge in [-0.2, -0.15) is 0 Å². The molecule has 1 N–H and O–H groups in total. The number of benzene rings is 1. The van der Waals surface area contributed by atoms with E-state index in [4.69, 9.17) is 0 Å². The van der Waals surface area contributed by atoms with Gasteiger partial charge in [0.05, 0.1) is 28.6 Å². The summed E-state index contributed by atoms with van der Waals surface area (Å²) in [6.45, 7) is 2.06. The molecule has 0 saturated carbocycles. The molecule has 0 fully saturated rings. The molecule has 0 amide bonds. The van der Waals surface area contributed by atoms with Gasteiger partial charge in [-0.1, -0.05) is 12.1 Å². The number of hydrogen-bond acceptors (Lipinski definition) is 2. The fourth-order valence-corrected chi connectivity index (χ4v) is 2.02. The molecule has 0 heterocycles. The monoisotopic (exact) mass is 265 g/mol. The summed E-state index contributed by atoms with van der Waals surface area (Å²) < 4.78 is 3.06. The molecule has 1 aromatic rings. The summed E-state index contributed by atoms with van der Waals surface area (Å²) in [6, 6.07) is 6.02. The Balaban J connectivity index is 3.17. The first kappa shape index (κ1) is 8.20. The Kier molecular flexibility index (Phi) is 2.85. The number of anilines is 1. The van der Waals surface area contributed by atoms with Gasteiger partial charge in [-0.3, -0.25) is 0 Å². The van der Waals surface area contributed by atoms with Gasteiger partial charge in [0.15, 0.2) is 0 Å². The Morgan fingerprint density at radius 3 is 2.60 bits per heavy atom. The number of aryl methyl sites for hydroxylation is 1. The Bertz CT molecular complexity index is 217. The maximum atomic E-state index is 4.28. The van der Waals surface area contributed by atoms with Crippen LogP contribution in [0, 0.1) is 6.92 Å². The summed E-state index contributed by atoms with van der Waals surface area (Å²) in [4.78, 5) is 0.995. The Hall–Kier alpha value is 0.1000. The predicted molar refractivity (Wildman–Crippen MR) is 56.1 cm³/mol. The van der Waals surface area contributed by atoms with Gasteiger partial charge < -0.3 is 3.53 Å². The van der Waals surface area contributed by atoms with Gasteiger partial charge in [0, 0.05) is 4.90 Å². The lowest BCUT2D eigenvalue weighted by Crippen LogP contribution is -1.85. The van der Waals surface area contributed by atoms with Crippen LogP contribution in [0.2, 0.25) is 0 Å². The summed E-state index contributed by atoms with van der Waals surface area (Å²) in [6.07, 6.45) is 0. The van der Waals surface area contributed by atoms with Gasteiger partial charge >= 0.3 is 0 Å². The van der Waals surface area contributed by atoms with Crippen molar-refractivity contribution in [2.75, 3.05) is 3.53 Å². The first-order valence-corrected chi connectivity index (χ1v) is 4.43. The average molecular weight is 265 g/mol. The zero-order valence-corrected chi connectivity index (χ0v) is 8.61. The minimum Gasteiger partial charge on any atom is -0.327 e. The summed E-state index contributed by atoms with van der Waals surface area (Å²) in [7, 11) is 0. The third kappa shape index (κ3) is 1.58. The van der Waals surface area contributed by atoms with Crippen LogP contribution in [0.3, 0.4) is 0 Å². The molecular formula is C7H8INS. The van der Waals surface area contributed by atoms with Crippen LogP contribution in [-0.2, 0) is 0 Å². The molecule has 1 nitrogen and oxygen atoms in total. The summed E-state index contributed by atoms with van der Waals surface area (Å²) >= 11 is 6.39. The van der Waals surface area contributed by atoms with E-state index >= 15 is 0 Å². The van der Waals surface area contributed by atoms with Crippen molar-refractivity contribution in [3.63, 3.8) is 0 Å². The topological polar surface area (TPSA) is 12.0 Å². The van der Waals surface area contributed by atoms with Gasteiger partial charge in [0.2, 0.25) is 0 Å². The molecule has 54 valence electrons. The van der Waals surface area contributed by atoms with E-state index < -0.39 is 0 Å². The van der Waals surface area contributed by atoms with Crippen molar-refractivity contribution in [1.29, 1.82) is 0 Å². The van der Waals surface area contributed by atoms with E-state index in [0.717, 1.165) is 10.6 Å². The van der Waals surface area contributed by atoms with Crippen molar-refractivity contribution < 1.29 is 0 Å². The number of nitrogens with one attached hydrogen (secondary N) is 1. The zero-order chi connectivity index (χ0) is 7.56. The van der Waals surface area contributed by atoms with Crippen molar-refractivity contribution in [3.05, 3.63) is 23.8 Å². The van der Waals surface area contributed by atoms with E-state index in [9.17, 15) is 0 Å². The molecule has 3 heteroatoms. The van der Waals surface area contributed by atoms with Gasteiger partial charge in [-0.05, 0) is 18.6 Å². The van der Waals surface area contributed by atoms with Gasteiger partial charge in [0.25, 0.3) is 0 Å². The molecule has 0 aliphatic heterocycles. The quantitative estimate of drug-likeness (QED) is 0.452. The minimum atomic E-state index is 0.995. The van der Waals surface area contributed by atoms with Crippen LogP contribution in [0.1, 0.15) is 5.56 Å². The smallest absolute Gasteiger partial charge is 0.0592 e. The second kappa shape index (κ2) is 3.48. The van der Waals surface area contributed by atoms with E-state index in [2.05, 4.69) is 52.0 Å². The normalized spacial score (nSPS) is 9.50. The van der Waals surface area contributed by atoms with Crippen molar-refractivity contribution in [2.45, 2.75) is 11.8 Å². The van der Waals surface area contributed by atoms with Crippen molar-refractivity contribution >= 4 is 41.2 Å². The summed E-state index contributed by atoms with van der Waals surface area (Å²) in [5.41, 5.74) is 2.33. The molecule has 0 spiro atoms. The highest BCUT2D eigenvalue weighted by Crippen LogP contribution is 2.24. The highest BCUT2D eigenvalue weighted by atomic mass is 127. The molecular weight excluding hydrogens is 257 g/mol. The fraction of sp³-hybridized carbons (Fsp3) is 0.143. The first-order chi connectivity index (χ1) is 4.75. The summed E-state index contributed by atoms with van der Waals surface area (Å²) in [5, 5.41) is 0. The van der Waals surface area contributed by atoms with E-state index in [1.165, 1.54) is 5.56 Å². The van der Waals surface area contributed by atoms with Crippen LogP contribution in [0.4, 0.5) is 5.69 Å². The van der Waals surface area contributed by atoms with Crippen LogP contribution in [0.5, 0.6) is 0 Å². The molecule has 10 heavy (non-hydrogen) atoms. The maximum absolute atomic E-state index is 4.28. The number of para-hydroxylation sites is 1. The molecule has 0 saturated heterocycles.